The average Bonchev–Trinajstić information content (AvgIpc) is 2.80. The van der Waals surface area contributed by atoms with Crippen LogP contribution in [0.15, 0.2) is 78.9 Å². The highest BCUT2D eigenvalue weighted by molar-refractivity contribution is 5.95. The van der Waals surface area contributed by atoms with E-state index in [1.54, 1.807) is 24.3 Å². The maximum absolute atomic E-state index is 12.3. The first kappa shape index (κ1) is 22.9. The first-order valence-electron chi connectivity index (χ1n) is 10.5. The molecule has 1 N–H and O–H groups in total. The highest BCUT2D eigenvalue weighted by Gasteiger charge is 2.18. The Kier molecular flexibility index (Phi) is 8.26. The minimum absolute atomic E-state index is 0.0550. The van der Waals surface area contributed by atoms with Crippen molar-refractivity contribution in [3.05, 3.63) is 90.0 Å². The zero-order chi connectivity index (χ0) is 22.8. The summed E-state index contributed by atoms with van der Waals surface area (Å²) in [6.45, 7) is 4.12. The Bertz CT molecular complexity index is 1020. The van der Waals surface area contributed by atoms with Crippen molar-refractivity contribution in [3.63, 3.8) is 0 Å². The molecular weight excluding hydrogens is 406 g/mol. The molecule has 3 rings (SSSR count). The molecule has 6 heteroatoms. The van der Waals surface area contributed by atoms with Crippen molar-refractivity contribution < 1.29 is 23.8 Å². The zero-order valence-corrected chi connectivity index (χ0v) is 18.2. The Hall–Kier alpha value is -3.80. The summed E-state index contributed by atoms with van der Waals surface area (Å²) in [6, 6.07) is 24.5. The van der Waals surface area contributed by atoms with Crippen LogP contribution in [0.4, 0.5) is 5.69 Å². The van der Waals surface area contributed by atoms with Crippen LogP contribution in [0.2, 0.25) is 0 Å². The van der Waals surface area contributed by atoms with E-state index < -0.39 is 18.0 Å². The summed E-state index contributed by atoms with van der Waals surface area (Å²) < 4.78 is 16.5. The van der Waals surface area contributed by atoms with Gasteiger partial charge in [0.1, 0.15) is 18.1 Å². The van der Waals surface area contributed by atoms with E-state index in [0.717, 1.165) is 16.9 Å². The first-order valence-corrected chi connectivity index (χ1v) is 10.5. The minimum atomic E-state index is -0.921. The van der Waals surface area contributed by atoms with Crippen LogP contribution >= 0.6 is 0 Å². The molecule has 0 aliphatic rings. The number of amides is 1. The number of rotatable bonds is 10. The molecule has 0 spiro atoms. The second-order valence-corrected chi connectivity index (χ2v) is 7.28. The molecule has 0 aliphatic heterocycles. The maximum Gasteiger partial charge on any atom is 0.310 e. The monoisotopic (exact) mass is 433 g/mol. The third-order valence-electron chi connectivity index (χ3n) is 4.70. The predicted octanol–water partition coefficient (Wildman–Crippen LogP) is 4.91. The van der Waals surface area contributed by atoms with E-state index in [-0.39, 0.29) is 13.0 Å². The van der Waals surface area contributed by atoms with Gasteiger partial charge in [0, 0.05) is 5.69 Å². The van der Waals surface area contributed by atoms with Gasteiger partial charge in [-0.2, -0.15) is 0 Å². The topological polar surface area (TPSA) is 73.9 Å². The van der Waals surface area contributed by atoms with Gasteiger partial charge in [-0.1, -0.05) is 48.5 Å². The molecule has 0 saturated carbocycles. The lowest BCUT2D eigenvalue weighted by Gasteiger charge is -2.14. The lowest BCUT2D eigenvalue weighted by atomic mass is 10.2. The number of hydrogen-bond donors (Lipinski definition) is 1. The fraction of sp³-hybridized carbons (Fsp3) is 0.231. The third kappa shape index (κ3) is 7.16. The van der Waals surface area contributed by atoms with Crippen LogP contribution in [0.1, 0.15) is 24.5 Å². The second-order valence-electron chi connectivity index (χ2n) is 7.28. The van der Waals surface area contributed by atoms with E-state index in [1.165, 1.54) is 6.92 Å². The van der Waals surface area contributed by atoms with Crippen LogP contribution in [0.5, 0.6) is 11.5 Å². The Labute approximate surface area is 188 Å². The lowest BCUT2D eigenvalue weighted by molar-refractivity contribution is -0.153. The molecule has 0 aliphatic carbocycles. The van der Waals surface area contributed by atoms with Gasteiger partial charge in [-0.05, 0) is 55.3 Å². The number of hydrogen-bond acceptors (Lipinski definition) is 5. The van der Waals surface area contributed by atoms with Gasteiger partial charge in [0.15, 0.2) is 6.10 Å². The largest absolute Gasteiger partial charge is 0.493 e. The number of para-hydroxylation sites is 1. The molecule has 1 atom stereocenters. The number of ether oxygens (including phenoxy) is 3. The van der Waals surface area contributed by atoms with Gasteiger partial charge in [0.05, 0.1) is 13.0 Å². The third-order valence-corrected chi connectivity index (χ3v) is 4.70. The van der Waals surface area contributed by atoms with E-state index in [4.69, 9.17) is 14.2 Å². The Morgan fingerprint density at radius 3 is 2.28 bits per heavy atom. The van der Waals surface area contributed by atoms with Crippen LogP contribution in [0.3, 0.4) is 0 Å². The van der Waals surface area contributed by atoms with E-state index >= 15 is 0 Å². The van der Waals surface area contributed by atoms with Crippen LogP contribution in [-0.2, 0) is 20.9 Å². The van der Waals surface area contributed by atoms with Gasteiger partial charge in [-0.25, -0.2) is 0 Å². The molecule has 1 amide bonds. The van der Waals surface area contributed by atoms with E-state index in [9.17, 15) is 9.59 Å². The molecule has 32 heavy (non-hydrogen) atoms. The first-order chi connectivity index (χ1) is 15.5. The van der Waals surface area contributed by atoms with Crippen molar-refractivity contribution in [1.82, 2.24) is 0 Å². The SMILES string of the molecule is Cc1ccccc1OCCC(=O)OC(C)C(=O)Nc1ccc(OCc2ccccc2)cc1. The van der Waals surface area contributed by atoms with Gasteiger partial charge < -0.3 is 19.5 Å². The van der Waals surface area contributed by atoms with E-state index in [1.807, 2.05) is 61.5 Å². The molecule has 0 bridgehead atoms. The molecule has 0 radical (unpaired) electrons. The molecule has 1 unspecified atom stereocenters. The van der Waals surface area contributed by atoms with Gasteiger partial charge in [-0.3, -0.25) is 9.59 Å². The lowest BCUT2D eigenvalue weighted by Crippen LogP contribution is -2.30. The summed E-state index contributed by atoms with van der Waals surface area (Å²) in [5, 5.41) is 2.73. The highest BCUT2D eigenvalue weighted by Crippen LogP contribution is 2.18. The van der Waals surface area contributed by atoms with E-state index in [0.29, 0.717) is 18.0 Å². The molecule has 166 valence electrons. The second kappa shape index (κ2) is 11.6. The van der Waals surface area contributed by atoms with Crippen LogP contribution < -0.4 is 14.8 Å². The van der Waals surface area contributed by atoms with E-state index in [2.05, 4.69) is 5.32 Å². The molecule has 0 saturated heterocycles. The van der Waals surface area contributed by atoms with Crippen molar-refractivity contribution >= 4 is 17.6 Å². The number of anilines is 1. The van der Waals surface area contributed by atoms with Crippen molar-refractivity contribution in [3.8, 4) is 11.5 Å². The van der Waals surface area contributed by atoms with Crippen molar-refractivity contribution in [1.29, 1.82) is 0 Å². The number of nitrogens with one attached hydrogen (secondary N) is 1. The summed E-state index contributed by atoms with van der Waals surface area (Å²) >= 11 is 0. The van der Waals surface area contributed by atoms with Crippen molar-refractivity contribution in [2.24, 2.45) is 0 Å². The molecule has 0 heterocycles. The number of carbonyl (C=O) groups excluding carboxylic acids is 2. The normalized spacial score (nSPS) is 11.3. The Morgan fingerprint density at radius 2 is 1.56 bits per heavy atom. The van der Waals surface area contributed by atoms with Gasteiger partial charge >= 0.3 is 5.97 Å². The minimum Gasteiger partial charge on any atom is -0.493 e. The predicted molar refractivity (Wildman–Crippen MR) is 123 cm³/mol. The molecule has 6 nitrogen and oxygen atoms in total. The zero-order valence-electron chi connectivity index (χ0n) is 18.2. The van der Waals surface area contributed by atoms with Gasteiger partial charge in [0.25, 0.3) is 5.91 Å². The highest BCUT2D eigenvalue weighted by atomic mass is 16.5. The summed E-state index contributed by atoms with van der Waals surface area (Å²) in [6.07, 6.45) is -0.866. The summed E-state index contributed by atoms with van der Waals surface area (Å²) in [5.41, 5.74) is 2.66. The number of aryl methyl sites for hydroxylation is 1. The van der Waals surface area contributed by atoms with Gasteiger partial charge in [0.2, 0.25) is 0 Å². The molecule has 3 aromatic carbocycles. The fourth-order valence-electron chi connectivity index (χ4n) is 2.89. The standard InChI is InChI=1S/C26H27NO5/c1-19-8-6-7-11-24(19)30-17-16-25(28)32-20(2)26(29)27-22-12-14-23(15-13-22)31-18-21-9-4-3-5-10-21/h3-15,20H,16-18H2,1-2H3,(H,27,29). The maximum atomic E-state index is 12.3. The van der Waals surface area contributed by atoms with Crippen LogP contribution in [-0.4, -0.2) is 24.6 Å². The number of carbonyl (C=O) groups is 2. The molecule has 0 fully saturated rings. The smallest absolute Gasteiger partial charge is 0.310 e. The van der Waals surface area contributed by atoms with Crippen LogP contribution in [0.25, 0.3) is 0 Å². The number of esters is 1. The summed E-state index contributed by atoms with van der Waals surface area (Å²) in [7, 11) is 0. The van der Waals surface area contributed by atoms with Crippen molar-refractivity contribution in [2.45, 2.75) is 33.0 Å². The summed E-state index contributed by atoms with van der Waals surface area (Å²) in [4.78, 5) is 24.4. The number of benzene rings is 3. The summed E-state index contributed by atoms with van der Waals surface area (Å²) in [5.74, 6) is 0.518. The Balaban J connectivity index is 1.39. The van der Waals surface area contributed by atoms with Crippen molar-refractivity contribution in [2.75, 3.05) is 11.9 Å². The average molecular weight is 434 g/mol. The molecule has 0 aromatic heterocycles. The molecular formula is C26H27NO5. The van der Waals surface area contributed by atoms with Gasteiger partial charge in [-0.15, -0.1) is 0 Å². The fourth-order valence-corrected chi connectivity index (χ4v) is 2.89. The quantitative estimate of drug-likeness (QED) is 0.460. The van der Waals surface area contributed by atoms with Crippen LogP contribution in [0, 0.1) is 6.92 Å². The molecule has 3 aromatic rings. The Morgan fingerprint density at radius 1 is 0.875 bits per heavy atom.